The number of aryl methyl sites for hydroxylation is 2. The first-order valence-corrected chi connectivity index (χ1v) is 4.41. The Hall–Kier alpha value is -0.980. The van der Waals surface area contributed by atoms with E-state index in [4.69, 9.17) is 0 Å². The highest BCUT2D eigenvalue weighted by molar-refractivity contribution is 5.49. The van der Waals surface area contributed by atoms with Crippen LogP contribution < -0.4 is 4.90 Å². The highest BCUT2D eigenvalue weighted by atomic mass is 15.1. The molecule has 1 nitrogen and oxygen atoms in total. The number of benzene rings is 1. The van der Waals surface area contributed by atoms with Crippen LogP contribution in [0.1, 0.15) is 18.1 Å². The maximum atomic E-state index is 2.24. The average Bonchev–Trinajstić information content (AvgIpc) is 2.03. The van der Waals surface area contributed by atoms with Crippen molar-refractivity contribution in [3.05, 3.63) is 29.3 Å². The van der Waals surface area contributed by atoms with Gasteiger partial charge in [0.05, 0.1) is 0 Å². The second-order valence-corrected chi connectivity index (χ2v) is 3.42. The molecule has 0 bridgehead atoms. The van der Waals surface area contributed by atoms with Crippen LogP contribution in [0.25, 0.3) is 0 Å². The molecular weight excluding hydrogens is 146 g/mol. The van der Waals surface area contributed by atoms with Gasteiger partial charge in [-0.25, -0.2) is 0 Å². The van der Waals surface area contributed by atoms with E-state index in [-0.39, 0.29) is 0 Å². The summed E-state index contributed by atoms with van der Waals surface area (Å²) >= 11 is 0. The molecule has 1 aromatic carbocycles. The molecule has 66 valence electrons. The van der Waals surface area contributed by atoms with Crippen LogP contribution in [0.15, 0.2) is 18.2 Å². The monoisotopic (exact) mass is 163 g/mol. The first-order chi connectivity index (χ1) is 5.63. The Morgan fingerprint density at radius 1 is 1.17 bits per heavy atom. The Morgan fingerprint density at radius 3 is 2.33 bits per heavy atom. The summed E-state index contributed by atoms with van der Waals surface area (Å²) in [5.74, 6) is 0. The normalized spacial score (nSPS) is 10.0. The molecule has 0 saturated heterocycles. The minimum absolute atomic E-state index is 1.11. The van der Waals surface area contributed by atoms with Crippen molar-refractivity contribution in [1.29, 1.82) is 0 Å². The van der Waals surface area contributed by atoms with Crippen LogP contribution in [0.2, 0.25) is 0 Å². The summed E-state index contributed by atoms with van der Waals surface area (Å²) in [4.78, 5) is 2.14. The highest BCUT2D eigenvalue weighted by Crippen LogP contribution is 2.16. The zero-order chi connectivity index (χ0) is 9.14. The summed E-state index contributed by atoms with van der Waals surface area (Å²) in [7, 11) is 4.16. The Labute approximate surface area is 75.0 Å². The second kappa shape index (κ2) is 3.61. The summed E-state index contributed by atoms with van der Waals surface area (Å²) in [5, 5.41) is 0. The summed E-state index contributed by atoms with van der Waals surface area (Å²) in [6.45, 7) is 4.33. The molecule has 1 rings (SSSR count). The Bertz CT molecular complexity index is 264. The zero-order valence-electron chi connectivity index (χ0n) is 8.39. The van der Waals surface area contributed by atoms with Crippen LogP contribution >= 0.6 is 0 Å². The van der Waals surface area contributed by atoms with Crippen molar-refractivity contribution in [3.63, 3.8) is 0 Å². The summed E-state index contributed by atoms with van der Waals surface area (Å²) in [6, 6.07) is 6.69. The number of nitrogens with zero attached hydrogens (tertiary/aromatic N) is 1. The summed E-state index contributed by atoms with van der Waals surface area (Å²) in [6.07, 6.45) is 1.11. The smallest absolute Gasteiger partial charge is 0.0366 e. The van der Waals surface area contributed by atoms with Crippen LogP contribution in [0, 0.1) is 6.92 Å². The second-order valence-electron chi connectivity index (χ2n) is 3.42. The highest BCUT2D eigenvalue weighted by Gasteiger charge is 1.97. The third-order valence-electron chi connectivity index (χ3n) is 2.05. The SMILES string of the molecule is CCc1cc(C)cc(N(C)C)c1. The number of rotatable bonds is 2. The van der Waals surface area contributed by atoms with Crippen LogP contribution in [-0.4, -0.2) is 14.1 Å². The zero-order valence-corrected chi connectivity index (χ0v) is 8.39. The van der Waals surface area contributed by atoms with E-state index < -0.39 is 0 Å². The molecule has 0 aliphatic carbocycles. The van der Waals surface area contributed by atoms with Crippen molar-refractivity contribution < 1.29 is 0 Å². The van der Waals surface area contributed by atoms with E-state index in [0.29, 0.717) is 0 Å². The van der Waals surface area contributed by atoms with Crippen molar-refractivity contribution in [2.24, 2.45) is 0 Å². The van der Waals surface area contributed by atoms with Gasteiger partial charge in [0.15, 0.2) is 0 Å². The predicted molar refractivity (Wildman–Crippen MR) is 54.9 cm³/mol. The molecule has 0 N–H and O–H groups in total. The molecule has 0 radical (unpaired) electrons. The maximum absolute atomic E-state index is 2.24. The first kappa shape index (κ1) is 9.11. The lowest BCUT2D eigenvalue weighted by molar-refractivity contribution is 1.09. The molecule has 0 amide bonds. The molecule has 0 aromatic heterocycles. The molecule has 0 saturated carbocycles. The van der Waals surface area contributed by atoms with Gasteiger partial charge >= 0.3 is 0 Å². The van der Waals surface area contributed by atoms with Gasteiger partial charge in [0, 0.05) is 19.8 Å². The molecule has 0 unspecified atom stereocenters. The van der Waals surface area contributed by atoms with Gasteiger partial charge in [-0.05, 0) is 36.6 Å². The summed E-state index contributed by atoms with van der Waals surface area (Å²) < 4.78 is 0. The van der Waals surface area contributed by atoms with Gasteiger partial charge in [-0.15, -0.1) is 0 Å². The van der Waals surface area contributed by atoms with E-state index in [0.717, 1.165) is 6.42 Å². The van der Waals surface area contributed by atoms with Gasteiger partial charge in [0.2, 0.25) is 0 Å². The van der Waals surface area contributed by atoms with Crippen molar-refractivity contribution in [2.75, 3.05) is 19.0 Å². The molecule has 12 heavy (non-hydrogen) atoms. The first-order valence-electron chi connectivity index (χ1n) is 4.41. The third kappa shape index (κ3) is 2.00. The Morgan fingerprint density at radius 2 is 1.83 bits per heavy atom. The molecule has 0 heterocycles. The fourth-order valence-corrected chi connectivity index (χ4v) is 1.30. The molecule has 0 aliphatic rings. The molecular formula is C11H17N. The molecule has 0 aliphatic heterocycles. The molecule has 0 atom stereocenters. The van der Waals surface area contributed by atoms with Crippen LogP contribution in [-0.2, 0) is 6.42 Å². The summed E-state index contributed by atoms with van der Waals surface area (Å²) in [5.41, 5.74) is 4.06. The lowest BCUT2D eigenvalue weighted by atomic mass is 10.1. The minimum atomic E-state index is 1.11. The van der Waals surface area contributed by atoms with Gasteiger partial charge in [0.1, 0.15) is 0 Å². The van der Waals surface area contributed by atoms with Gasteiger partial charge in [-0.2, -0.15) is 0 Å². The quantitative estimate of drug-likeness (QED) is 0.648. The van der Waals surface area contributed by atoms with E-state index in [1.54, 1.807) is 0 Å². The van der Waals surface area contributed by atoms with E-state index in [1.165, 1.54) is 16.8 Å². The van der Waals surface area contributed by atoms with Gasteiger partial charge in [-0.1, -0.05) is 13.0 Å². The maximum Gasteiger partial charge on any atom is 0.0366 e. The van der Waals surface area contributed by atoms with Crippen molar-refractivity contribution in [2.45, 2.75) is 20.3 Å². The van der Waals surface area contributed by atoms with E-state index in [1.807, 2.05) is 0 Å². The van der Waals surface area contributed by atoms with Gasteiger partial charge < -0.3 is 4.90 Å². The lowest BCUT2D eigenvalue weighted by Gasteiger charge is -2.14. The minimum Gasteiger partial charge on any atom is -0.378 e. The molecule has 0 fully saturated rings. The topological polar surface area (TPSA) is 3.24 Å². The number of hydrogen-bond donors (Lipinski definition) is 0. The van der Waals surface area contributed by atoms with E-state index >= 15 is 0 Å². The lowest BCUT2D eigenvalue weighted by Crippen LogP contribution is -2.09. The third-order valence-corrected chi connectivity index (χ3v) is 2.05. The largest absolute Gasteiger partial charge is 0.378 e. The predicted octanol–water partition coefficient (Wildman–Crippen LogP) is 2.62. The van der Waals surface area contributed by atoms with Crippen molar-refractivity contribution >= 4 is 5.69 Å². The van der Waals surface area contributed by atoms with Crippen molar-refractivity contribution in [3.8, 4) is 0 Å². The number of hydrogen-bond acceptors (Lipinski definition) is 1. The van der Waals surface area contributed by atoms with E-state index in [2.05, 4.69) is 51.0 Å². The van der Waals surface area contributed by atoms with Crippen LogP contribution in [0.3, 0.4) is 0 Å². The van der Waals surface area contributed by atoms with Crippen LogP contribution in [0.4, 0.5) is 5.69 Å². The van der Waals surface area contributed by atoms with Crippen LogP contribution in [0.5, 0.6) is 0 Å². The van der Waals surface area contributed by atoms with Crippen molar-refractivity contribution in [1.82, 2.24) is 0 Å². The standard InChI is InChI=1S/C11H17N/c1-5-10-6-9(2)7-11(8-10)12(3)4/h6-8H,5H2,1-4H3. The molecule has 1 heteroatoms. The average molecular weight is 163 g/mol. The van der Waals surface area contributed by atoms with E-state index in [9.17, 15) is 0 Å². The Balaban J connectivity index is 3.06. The fraction of sp³-hybridized carbons (Fsp3) is 0.455. The van der Waals surface area contributed by atoms with Gasteiger partial charge in [0.25, 0.3) is 0 Å². The fourth-order valence-electron chi connectivity index (χ4n) is 1.30. The van der Waals surface area contributed by atoms with Gasteiger partial charge in [-0.3, -0.25) is 0 Å². The molecule has 1 aromatic rings. The Kier molecular flexibility index (Phi) is 2.74. The number of anilines is 1. The molecule has 0 spiro atoms.